The summed E-state index contributed by atoms with van der Waals surface area (Å²) in [7, 11) is 4.47. The number of hydrogen-bond acceptors (Lipinski definition) is 6. The topological polar surface area (TPSA) is 74.2 Å². The maximum Gasteiger partial charge on any atom is 0.345 e. The monoisotopic (exact) mass is 356 g/mol. The molecule has 136 valence electrons. The second kappa shape index (κ2) is 6.72. The van der Waals surface area contributed by atoms with E-state index in [1.807, 2.05) is 19.1 Å². The summed E-state index contributed by atoms with van der Waals surface area (Å²) in [6.07, 6.45) is 3.65. The Morgan fingerprint density at radius 1 is 1.08 bits per heavy atom. The van der Waals surface area contributed by atoms with Crippen LogP contribution in [0.2, 0.25) is 0 Å². The van der Waals surface area contributed by atoms with E-state index in [1.165, 1.54) is 21.3 Å². The van der Waals surface area contributed by atoms with Gasteiger partial charge in [0.2, 0.25) is 0 Å². The van der Waals surface area contributed by atoms with E-state index in [-0.39, 0.29) is 11.1 Å². The van der Waals surface area contributed by atoms with Gasteiger partial charge in [-0.25, -0.2) is 4.79 Å². The summed E-state index contributed by atoms with van der Waals surface area (Å²) in [5.41, 5.74) is 1.44. The van der Waals surface area contributed by atoms with Crippen LogP contribution >= 0.6 is 0 Å². The molecule has 2 aromatic carbocycles. The molecule has 6 nitrogen and oxygen atoms in total. The number of aliphatic hydroxyl groups is 1. The predicted octanol–water partition coefficient (Wildman–Crippen LogP) is 3.11. The Balaban J connectivity index is 2.31. The van der Waals surface area contributed by atoms with E-state index in [4.69, 9.17) is 18.9 Å². The molecule has 0 spiro atoms. The zero-order valence-electron chi connectivity index (χ0n) is 15.0. The average molecular weight is 356 g/mol. The number of ether oxygens (including phenoxy) is 4. The van der Waals surface area contributed by atoms with Crippen LogP contribution in [0.1, 0.15) is 34.0 Å². The van der Waals surface area contributed by atoms with Crippen molar-refractivity contribution < 1.29 is 28.8 Å². The molecule has 0 amide bonds. The Labute approximate surface area is 151 Å². The summed E-state index contributed by atoms with van der Waals surface area (Å²) in [4.78, 5) is 12.5. The van der Waals surface area contributed by atoms with Gasteiger partial charge in [0.05, 0.1) is 26.9 Å². The molecular formula is C20H20O6. The molecule has 0 saturated heterocycles. The van der Waals surface area contributed by atoms with Gasteiger partial charge in [0.1, 0.15) is 22.8 Å². The van der Waals surface area contributed by atoms with Gasteiger partial charge in [0.25, 0.3) is 5.79 Å². The average Bonchev–Trinajstić information content (AvgIpc) is 2.93. The number of carbonyl (C=O) groups is 1. The molecule has 26 heavy (non-hydrogen) atoms. The molecule has 2 aromatic rings. The molecule has 0 saturated carbocycles. The Bertz CT molecular complexity index is 886. The molecule has 0 fully saturated rings. The first-order valence-corrected chi connectivity index (χ1v) is 8.02. The number of allylic oxidation sites excluding steroid dienone is 1. The van der Waals surface area contributed by atoms with Crippen LogP contribution in [0.25, 0.3) is 6.08 Å². The minimum Gasteiger partial charge on any atom is -0.497 e. The van der Waals surface area contributed by atoms with Crippen molar-refractivity contribution in [3.8, 4) is 17.2 Å². The molecule has 0 aliphatic carbocycles. The minimum absolute atomic E-state index is 0.190. The van der Waals surface area contributed by atoms with Crippen molar-refractivity contribution in [1.29, 1.82) is 0 Å². The van der Waals surface area contributed by atoms with E-state index < -0.39 is 11.8 Å². The third-order valence-corrected chi connectivity index (χ3v) is 4.30. The van der Waals surface area contributed by atoms with Crippen LogP contribution in [0.15, 0.2) is 36.4 Å². The van der Waals surface area contributed by atoms with Gasteiger partial charge in [-0.1, -0.05) is 24.3 Å². The lowest BCUT2D eigenvalue weighted by Crippen LogP contribution is -2.28. The van der Waals surface area contributed by atoms with Crippen molar-refractivity contribution in [2.45, 2.75) is 12.7 Å². The fraction of sp³-hybridized carbons (Fsp3) is 0.250. The lowest BCUT2D eigenvalue weighted by atomic mass is 9.92. The highest BCUT2D eigenvalue weighted by atomic mass is 16.7. The molecule has 3 rings (SSSR count). The van der Waals surface area contributed by atoms with Crippen molar-refractivity contribution in [3.05, 3.63) is 58.7 Å². The molecule has 0 bridgehead atoms. The van der Waals surface area contributed by atoms with Crippen LogP contribution in [0.4, 0.5) is 0 Å². The molecule has 1 aliphatic heterocycles. The van der Waals surface area contributed by atoms with Gasteiger partial charge in [-0.15, -0.1) is 0 Å². The lowest BCUT2D eigenvalue weighted by Gasteiger charge is -2.26. The molecular weight excluding hydrogens is 336 g/mol. The molecule has 1 unspecified atom stereocenters. The van der Waals surface area contributed by atoms with Crippen LogP contribution < -0.4 is 14.2 Å². The lowest BCUT2D eigenvalue weighted by molar-refractivity contribution is -0.130. The fourth-order valence-corrected chi connectivity index (χ4v) is 3.16. The summed E-state index contributed by atoms with van der Waals surface area (Å²) >= 11 is 0. The highest BCUT2D eigenvalue weighted by Gasteiger charge is 2.49. The second-order valence-electron chi connectivity index (χ2n) is 5.71. The van der Waals surface area contributed by atoms with E-state index >= 15 is 0 Å². The minimum atomic E-state index is -2.02. The normalized spacial score (nSPS) is 18.6. The maximum absolute atomic E-state index is 12.5. The van der Waals surface area contributed by atoms with Crippen molar-refractivity contribution in [3.63, 3.8) is 0 Å². The maximum atomic E-state index is 12.5. The first kappa shape index (κ1) is 17.8. The first-order valence-electron chi connectivity index (χ1n) is 8.02. The van der Waals surface area contributed by atoms with Gasteiger partial charge in [-0.05, 0) is 25.1 Å². The van der Waals surface area contributed by atoms with Gasteiger partial charge in [-0.3, -0.25) is 0 Å². The number of rotatable bonds is 5. The summed E-state index contributed by atoms with van der Waals surface area (Å²) in [6.45, 7) is 1.86. The largest absolute Gasteiger partial charge is 0.497 e. The number of methoxy groups -OCH3 is 3. The van der Waals surface area contributed by atoms with Crippen LogP contribution in [0.5, 0.6) is 17.2 Å². The Hall–Kier alpha value is -2.99. The Morgan fingerprint density at radius 3 is 2.46 bits per heavy atom. The summed E-state index contributed by atoms with van der Waals surface area (Å²) in [5, 5.41) is 11.4. The summed E-state index contributed by atoms with van der Waals surface area (Å²) in [6, 6.07) is 8.31. The number of fused-ring (bicyclic) bond motifs is 1. The van der Waals surface area contributed by atoms with Gasteiger partial charge in [0.15, 0.2) is 0 Å². The fourth-order valence-electron chi connectivity index (χ4n) is 3.16. The quantitative estimate of drug-likeness (QED) is 0.830. The molecule has 1 N–H and O–H groups in total. The molecule has 0 aromatic heterocycles. The third kappa shape index (κ3) is 2.59. The van der Waals surface area contributed by atoms with Crippen LogP contribution in [0.3, 0.4) is 0 Å². The van der Waals surface area contributed by atoms with Crippen LogP contribution in [-0.2, 0) is 10.5 Å². The van der Waals surface area contributed by atoms with Crippen LogP contribution in [0, 0.1) is 0 Å². The zero-order chi connectivity index (χ0) is 18.9. The van der Waals surface area contributed by atoms with Gasteiger partial charge < -0.3 is 24.1 Å². The number of benzene rings is 2. The molecule has 1 aliphatic rings. The van der Waals surface area contributed by atoms with Crippen LogP contribution in [-0.4, -0.2) is 32.4 Å². The van der Waals surface area contributed by atoms with E-state index in [0.717, 1.165) is 0 Å². The molecule has 6 heteroatoms. The number of hydrogen-bond donors (Lipinski definition) is 1. The van der Waals surface area contributed by atoms with E-state index in [1.54, 1.807) is 30.3 Å². The van der Waals surface area contributed by atoms with E-state index in [9.17, 15) is 9.90 Å². The van der Waals surface area contributed by atoms with Gasteiger partial charge >= 0.3 is 5.97 Å². The molecule has 1 heterocycles. The standard InChI is InChI=1S/C20H20O6/c1-5-7-12-10-13(23-2)11-15(18(12)25-4)20(22)14-8-6-9-16(24-3)17(14)19(21)26-20/h5-11,22H,1-4H3/b7-5+. The highest BCUT2D eigenvalue weighted by molar-refractivity contribution is 5.98. The van der Waals surface area contributed by atoms with Crippen molar-refractivity contribution in [2.24, 2.45) is 0 Å². The molecule has 0 radical (unpaired) electrons. The number of cyclic esters (lactones) is 1. The summed E-state index contributed by atoms with van der Waals surface area (Å²) in [5.74, 6) is -1.47. The smallest absolute Gasteiger partial charge is 0.345 e. The summed E-state index contributed by atoms with van der Waals surface area (Å²) < 4.78 is 21.5. The van der Waals surface area contributed by atoms with Gasteiger partial charge in [0, 0.05) is 11.1 Å². The van der Waals surface area contributed by atoms with Crippen molar-refractivity contribution in [2.75, 3.05) is 21.3 Å². The zero-order valence-corrected chi connectivity index (χ0v) is 15.0. The van der Waals surface area contributed by atoms with E-state index in [0.29, 0.717) is 28.4 Å². The Morgan fingerprint density at radius 2 is 1.85 bits per heavy atom. The molecule has 1 atom stereocenters. The predicted molar refractivity (Wildman–Crippen MR) is 95.7 cm³/mol. The van der Waals surface area contributed by atoms with E-state index in [2.05, 4.69) is 0 Å². The van der Waals surface area contributed by atoms with Crippen molar-refractivity contribution >= 4 is 12.0 Å². The second-order valence-corrected chi connectivity index (χ2v) is 5.71. The number of carbonyl (C=O) groups excluding carboxylic acids is 1. The SMILES string of the molecule is C/C=C/c1cc(OC)cc(C2(O)OC(=O)c3c(OC)cccc32)c1OC. The first-order chi connectivity index (χ1) is 12.5. The Kier molecular flexibility index (Phi) is 4.61. The number of esters is 1. The van der Waals surface area contributed by atoms with Gasteiger partial charge in [-0.2, -0.15) is 0 Å². The third-order valence-electron chi connectivity index (χ3n) is 4.30. The van der Waals surface area contributed by atoms with Crippen molar-refractivity contribution in [1.82, 2.24) is 0 Å². The highest BCUT2D eigenvalue weighted by Crippen LogP contribution is 2.48.